The Balaban J connectivity index is 2.03. The first kappa shape index (κ1) is 24.5. The molecule has 2 amide bonds. The first-order valence-corrected chi connectivity index (χ1v) is 10.2. The second-order valence-corrected chi connectivity index (χ2v) is 7.91. The lowest BCUT2D eigenvalue weighted by Crippen LogP contribution is -2.42. The van der Waals surface area contributed by atoms with Crippen molar-refractivity contribution in [2.75, 3.05) is 22.3 Å². The Labute approximate surface area is 185 Å². The van der Waals surface area contributed by atoms with E-state index in [9.17, 15) is 27.9 Å². The van der Waals surface area contributed by atoms with Gasteiger partial charge < -0.3 is 15.7 Å². The lowest BCUT2D eigenvalue weighted by Gasteiger charge is -2.22. The molecule has 0 aliphatic rings. The summed E-state index contributed by atoms with van der Waals surface area (Å²) in [5.41, 5.74) is -3.31. The highest BCUT2D eigenvalue weighted by molar-refractivity contribution is 7.99. The van der Waals surface area contributed by atoms with Gasteiger partial charge in [0.2, 0.25) is 5.91 Å². The molecule has 0 aliphatic heterocycles. The van der Waals surface area contributed by atoms with E-state index < -0.39 is 28.8 Å². The molecule has 0 heterocycles. The maximum absolute atomic E-state index is 13.1. The molecular weight excluding hydrogens is 455 g/mol. The van der Waals surface area contributed by atoms with Crippen LogP contribution in [-0.2, 0) is 15.8 Å². The number of rotatable bonds is 7. The minimum absolute atomic E-state index is 0.0887. The molecule has 6 nitrogen and oxygen atoms in total. The average molecular weight is 472 g/mol. The summed E-state index contributed by atoms with van der Waals surface area (Å²) in [7, 11) is 0. The molecule has 31 heavy (non-hydrogen) atoms. The molecule has 2 aromatic carbocycles. The van der Waals surface area contributed by atoms with E-state index in [1.807, 2.05) is 0 Å². The number of nitriles is 1. The van der Waals surface area contributed by atoms with Crippen molar-refractivity contribution in [3.05, 3.63) is 53.6 Å². The van der Waals surface area contributed by atoms with Gasteiger partial charge >= 0.3 is 6.18 Å². The fourth-order valence-corrected chi connectivity index (χ4v) is 3.31. The zero-order valence-electron chi connectivity index (χ0n) is 16.1. The Morgan fingerprint density at radius 2 is 1.74 bits per heavy atom. The molecule has 0 fully saturated rings. The summed E-state index contributed by atoms with van der Waals surface area (Å²) in [6, 6.07) is 10.8. The lowest BCUT2D eigenvalue weighted by atomic mass is 10.1. The van der Waals surface area contributed by atoms with Crippen molar-refractivity contribution in [3.8, 4) is 6.07 Å². The summed E-state index contributed by atoms with van der Waals surface area (Å²) in [4.78, 5) is 24.3. The highest BCUT2D eigenvalue weighted by atomic mass is 35.5. The van der Waals surface area contributed by atoms with Gasteiger partial charge in [0.1, 0.15) is 11.5 Å². The van der Waals surface area contributed by atoms with Gasteiger partial charge in [0.15, 0.2) is 0 Å². The molecule has 0 radical (unpaired) electrons. The van der Waals surface area contributed by atoms with Crippen molar-refractivity contribution in [2.24, 2.45) is 0 Å². The van der Waals surface area contributed by atoms with E-state index in [0.29, 0.717) is 16.6 Å². The van der Waals surface area contributed by atoms with Crippen molar-refractivity contribution in [2.45, 2.75) is 23.6 Å². The topological polar surface area (TPSA) is 102 Å². The predicted molar refractivity (Wildman–Crippen MR) is 112 cm³/mol. The standard InChI is InChI=1S/C20H17ClF3N3O3S/c1-19(30,11-31-15-6-4-13(5-7-15)26-17(28)9-21)18(29)27-14-3-2-12(10-25)16(8-14)20(22,23)24/h2-8,30H,9,11H2,1H3,(H,26,28)(H,27,29). The van der Waals surface area contributed by atoms with E-state index >= 15 is 0 Å². The van der Waals surface area contributed by atoms with Crippen LogP contribution in [-0.4, -0.2) is 34.2 Å². The quantitative estimate of drug-likeness (QED) is 0.414. The molecule has 0 aliphatic carbocycles. The zero-order valence-corrected chi connectivity index (χ0v) is 17.7. The van der Waals surface area contributed by atoms with Gasteiger partial charge in [-0.05, 0) is 49.4 Å². The van der Waals surface area contributed by atoms with Crippen molar-refractivity contribution in [3.63, 3.8) is 0 Å². The van der Waals surface area contributed by atoms with Crippen LogP contribution in [0.4, 0.5) is 24.5 Å². The molecule has 0 aromatic heterocycles. The Kier molecular flexibility index (Phi) is 7.95. The highest BCUT2D eigenvalue weighted by Gasteiger charge is 2.35. The molecule has 2 rings (SSSR count). The Hall–Kier alpha value is -2.74. The number of anilines is 2. The maximum atomic E-state index is 13.1. The van der Waals surface area contributed by atoms with Crippen molar-refractivity contribution in [1.29, 1.82) is 5.26 Å². The fourth-order valence-electron chi connectivity index (χ4n) is 2.34. The van der Waals surface area contributed by atoms with Crippen LogP contribution in [0.1, 0.15) is 18.1 Å². The zero-order chi connectivity index (χ0) is 23.2. The minimum Gasteiger partial charge on any atom is -0.379 e. The predicted octanol–water partition coefficient (Wildman–Crippen LogP) is 4.24. The molecule has 0 saturated heterocycles. The second-order valence-electron chi connectivity index (χ2n) is 6.59. The summed E-state index contributed by atoms with van der Waals surface area (Å²) >= 11 is 6.56. The van der Waals surface area contributed by atoms with Gasteiger partial charge in [-0.2, -0.15) is 18.4 Å². The van der Waals surface area contributed by atoms with E-state index in [4.69, 9.17) is 16.9 Å². The molecule has 2 aromatic rings. The van der Waals surface area contributed by atoms with E-state index in [1.54, 1.807) is 24.3 Å². The second kappa shape index (κ2) is 10.0. The number of alkyl halides is 4. The first-order valence-electron chi connectivity index (χ1n) is 8.70. The number of halogens is 4. The van der Waals surface area contributed by atoms with Gasteiger partial charge in [0.05, 0.1) is 17.2 Å². The number of hydrogen-bond acceptors (Lipinski definition) is 5. The van der Waals surface area contributed by atoms with Crippen LogP contribution in [0.3, 0.4) is 0 Å². The average Bonchev–Trinajstić information content (AvgIpc) is 2.72. The summed E-state index contributed by atoms with van der Waals surface area (Å²) < 4.78 is 39.2. The highest BCUT2D eigenvalue weighted by Crippen LogP contribution is 2.34. The van der Waals surface area contributed by atoms with Crippen LogP contribution < -0.4 is 10.6 Å². The van der Waals surface area contributed by atoms with Crippen LogP contribution in [0, 0.1) is 11.3 Å². The first-order chi connectivity index (χ1) is 14.5. The van der Waals surface area contributed by atoms with Gasteiger partial charge in [-0.1, -0.05) is 0 Å². The SMILES string of the molecule is CC(O)(CSc1ccc(NC(=O)CCl)cc1)C(=O)Nc1ccc(C#N)c(C(F)(F)F)c1. The van der Waals surface area contributed by atoms with Crippen molar-refractivity contribution >= 4 is 46.6 Å². The number of carbonyl (C=O) groups excluding carboxylic acids is 2. The third-order valence-corrected chi connectivity index (χ3v) is 5.53. The number of nitrogens with one attached hydrogen (secondary N) is 2. The van der Waals surface area contributed by atoms with Crippen LogP contribution in [0.25, 0.3) is 0 Å². The van der Waals surface area contributed by atoms with Gasteiger partial charge in [-0.15, -0.1) is 23.4 Å². The molecule has 11 heteroatoms. The van der Waals surface area contributed by atoms with E-state index in [0.717, 1.165) is 23.9 Å². The number of aliphatic hydroxyl groups is 1. The van der Waals surface area contributed by atoms with E-state index in [1.165, 1.54) is 13.0 Å². The molecule has 1 atom stereocenters. The number of hydrogen-bond donors (Lipinski definition) is 3. The Bertz CT molecular complexity index is 1010. The van der Waals surface area contributed by atoms with Gasteiger partial charge in [-0.25, -0.2) is 0 Å². The van der Waals surface area contributed by atoms with Gasteiger partial charge in [0, 0.05) is 22.0 Å². The molecular formula is C20H17ClF3N3O3S. The third-order valence-electron chi connectivity index (χ3n) is 3.97. The number of amides is 2. The maximum Gasteiger partial charge on any atom is 0.417 e. The largest absolute Gasteiger partial charge is 0.417 e. The summed E-state index contributed by atoms with van der Waals surface area (Å²) in [6.07, 6.45) is -4.76. The molecule has 0 saturated carbocycles. The van der Waals surface area contributed by atoms with Gasteiger partial charge in [-0.3, -0.25) is 9.59 Å². The Morgan fingerprint density at radius 3 is 2.29 bits per heavy atom. The van der Waals surface area contributed by atoms with E-state index in [2.05, 4.69) is 10.6 Å². The normalized spacial score (nSPS) is 13.1. The number of thioether (sulfide) groups is 1. The van der Waals surface area contributed by atoms with Crippen molar-refractivity contribution in [1.82, 2.24) is 0 Å². The van der Waals surface area contributed by atoms with E-state index in [-0.39, 0.29) is 23.2 Å². The lowest BCUT2D eigenvalue weighted by molar-refractivity contribution is -0.137. The number of nitrogens with zero attached hydrogens (tertiary/aromatic N) is 1. The van der Waals surface area contributed by atoms with Crippen LogP contribution in [0.15, 0.2) is 47.4 Å². The molecule has 0 spiro atoms. The molecule has 3 N–H and O–H groups in total. The molecule has 0 bridgehead atoms. The summed E-state index contributed by atoms with van der Waals surface area (Å²) in [6.45, 7) is 1.23. The molecule has 1 unspecified atom stereocenters. The van der Waals surface area contributed by atoms with Crippen LogP contribution in [0.5, 0.6) is 0 Å². The van der Waals surface area contributed by atoms with Crippen LogP contribution >= 0.6 is 23.4 Å². The minimum atomic E-state index is -4.76. The summed E-state index contributed by atoms with van der Waals surface area (Å²) in [5.74, 6) is -1.53. The number of carbonyl (C=O) groups is 2. The monoisotopic (exact) mass is 471 g/mol. The van der Waals surface area contributed by atoms with Crippen LogP contribution in [0.2, 0.25) is 0 Å². The van der Waals surface area contributed by atoms with Crippen molar-refractivity contribution < 1.29 is 27.9 Å². The molecule has 164 valence electrons. The fraction of sp³-hybridized carbons (Fsp3) is 0.250. The Morgan fingerprint density at radius 1 is 1.13 bits per heavy atom. The smallest absolute Gasteiger partial charge is 0.379 e. The third kappa shape index (κ3) is 6.89. The van der Waals surface area contributed by atoms with Gasteiger partial charge in [0.25, 0.3) is 5.91 Å². The summed E-state index contributed by atoms with van der Waals surface area (Å²) in [5, 5.41) is 24.1. The number of benzene rings is 2.